The van der Waals surface area contributed by atoms with Gasteiger partial charge in [-0.05, 0) is 38.5 Å². The molecule has 0 aromatic heterocycles. The average molecular weight is 279 g/mol. The molecule has 1 aromatic rings. The van der Waals surface area contributed by atoms with Gasteiger partial charge in [-0.15, -0.1) is 0 Å². The molecule has 1 fully saturated rings. The Balaban J connectivity index is 1.96. The molecule has 0 aliphatic carbocycles. The SMILES string of the molecule is Cc1ccc(NC(=O)CN2CCNCC2(C)C)cc1F. The fourth-order valence-corrected chi connectivity index (χ4v) is 2.36. The van der Waals surface area contributed by atoms with Crippen LogP contribution in [0.2, 0.25) is 0 Å². The molecule has 5 heteroatoms. The summed E-state index contributed by atoms with van der Waals surface area (Å²) >= 11 is 0. The number of carbonyl (C=O) groups is 1. The number of nitrogens with one attached hydrogen (secondary N) is 2. The molecule has 1 amide bonds. The van der Waals surface area contributed by atoms with Gasteiger partial charge < -0.3 is 10.6 Å². The van der Waals surface area contributed by atoms with Crippen molar-refractivity contribution in [2.24, 2.45) is 0 Å². The molecule has 2 rings (SSSR count). The molecule has 4 nitrogen and oxygen atoms in total. The lowest BCUT2D eigenvalue weighted by Gasteiger charge is -2.42. The van der Waals surface area contributed by atoms with E-state index in [1.807, 2.05) is 0 Å². The predicted molar refractivity (Wildman–Crippen MR) is 78.3 cm³/mol. The lowest BCUT2D eigenvalue weighted by Crippen LogP contribution is -2.59. The number of hydrogen-bond donors (Lipinski definition) is 2. The molecule has 0 bridgehead atoms. The second-order valence-electron chi connectivity index (χ2n) is 5.92. The molecule has 1 aromatic carbocycles. The minimum Gasteiger partial charge on any atom is -0.325 e. The minimum atomic E-state index is -0.301. The summed E-state index contributed by atoms with van der Waals surface area (Å²) in [6.07, 6.45) is 0. The molecule has 1 saturated heterocycles. The van der Waals surface area contributed by atoms with Crippen LogP contribution in [0.1, 0.15) is 19.4 Å². The van der Waals surface area contributed by atoms with E-state index >= 15 is 0 Å². The molecule has 20 heavy (non-hydrogen) atoms. The Morgan fingerprint density at radius 1 is 1.50 bits per heavy atom. The van der Waals surface area contributed by atoms with Gasteiger partial charge in [-0.1, -0.05) is 6.07 Å². The van der Waals surface area contributed by atoms with Gasteiger partial charge in [0.25, 0.3) is 0 Å². The van der Waals surface area contributed by atoms with Gasteiger partial charge in [0, 0.05) is 30.9 Å². The van der Waals surface area contributed by atoms with E-state index in [-0.39, 0.29) is 17.3 Å². The highest BCUT2D eigenvalue weighted by molar-refractivity contribution is 5.92. The van der Waals surface area contributed by atoms with Crippen molar-refractivity contribution in [3.63, 3.8) is 0 Å². The van der Waals surface area contributed by atoms with Crippen molar-refractivity contribution in [2.75, 3.05) is 31.5 Å². The molecule has 1 aliphatic heterocycles. The average Bonchev–Trinajstić information content (AvgIpc) is 2.36. The molecule has 0 spiro atoms. The van der Waals surface area contributed by atoms with Crippen molar-refractivity contribution in [1.82, 2.24) is 10.2 Å². The number of hydrogen-bond acceptors (Lipinski definition) is 3. The van der Waals surface area contributed by atoms with Crippen LogP contribution in [0.25, 0.3) is 0 Å². The highest BCUT2D eigenvalue weighted by Gasteiger charge is 2.30. The number of amides is 1. The number of aryl methyl sites for hydroxylation is 1. The van der Waals surface area contributed by atoms with Crippen molar-refractivity contribution in [2.45, 2.75) is 26.3 Å². The highest BCUT2D eigenvalue weighted by atomic mass is 19.1. The summed E-state index contributed by atoms with van der Waals surface area (Å²) in [7, 11) is 0. The van der Waals surface area contributed by atoms with Crippen LogP contribution in [-0.4, -0.2) is 42.5 Å². The summed E-state index contributed by atoms with van der Waals surface area (Å²) in [5.74, 6) is -0.409. The van der Waals surface area contributed by atoms with Crippen LogP contribution in [0.4, 0.5) is 10.1 Å². The van der Waals surface area contributed by atoms with Crippen molar-refractivity contribution in [1.29, 1.82) is 0 Å². The van der Waals surface area contributed by atoms with Crippen LogP contribution in [0.5, 0.6) is 0 Å². The Kier molecular flexibility index (Phi) is 4.40. The van der Waals surface area contributed by atoms with E-state index in [1.54, 1.807) is 19.1 Å². The molecule has 2 N–H and O–H groups in total. The summed E-state index contributed by atoms with van der Waals surface area (Å²) in [6, 6.07) is 4.75. The van der Waals surface area contributed by atoms with Gasteiger partial charge in [-0.2, -0.15) is 0 Å². The van der Waals surface area contributed by atoms with Crippen LogP contribution < -0.4 is 10.6 Å². The van der Waals surface area contributed by atoms with Gasteiger partial charge in [0.1, 0.15) is 5.82 Å². The zero-order chi connectivity index (χ0) is 14.8. The first-order chi connectivity index (χ1) is 9.38. The Hall–Kier alpha value is -1.46. The number of rotatable bonds is 3. The van der Waals surface area contributed by atoms with Crippen molar-refractivity contribution in [3.05, 3.63) is 29.6 Å². The minimum absolute atomic E-state index is 0.0475. The maximum Gasteiger partial charge on any atom is 0.238 e. The standard InChI is InChI=1S/C15H22FN3O/c1-11-4-5-12(8-13(11)16)18-14(20)9-19-7-6-17-10-15(19,2)3/h4-5,8,17H,6-7,9-10H2,1-3H3,(H,18,20). The molecular weight excluding hydrogens is 257 g/mol. The van der Waals surface area contributed by atoms with Gasteiger partial charge in [-0.3, -0.25) is 9.69 Å². The van der Waals surface area contributed by atoms with Crippen molar-refractivity contribution < 1.29 is 9.18 Å². The number of anilines is 1. The fourth-order valence-electron chi connectivity index (χ4n) is 2.36. The molecule has 0 unspecified atom stereocenters. The topological polar surface area (TPSA) is 44.4 Å². The third-order valence-corrected chi connectivity index (χ3v) is 3.76. The number of benzene rings is 1. The van der Waals surface area contributed by atoms with Gasteiger partial charge in [0.05, 0.1) is 6.54 Å². The van der Waals surface area contributed by atoms with Crippen molar-refractivity contribution in [3.8, 4) is 0 Å². The smallest absolute Gasteiger partial charge is 0.238 e. The molecule has 1 heterocycles. The largest absolute Gasteiger partial charge is 0.325 e. The summed E-state index contributed by atoms with van der Waals surface area (Å²) in [4.78, 5) is 14.2. The van der Waals surface area contributed by atoms with E-state index in [2.05, 4.69) is 29.4 Å². The van der Waals surface area contributed by atoms with Gasteiger partial charge >= 0.3 is 0 Å². The summed E-state index contributed by atoms with van der Waals surface area (Å²) in [5.41, 5.74) is 1.03. The maximum absolute atomic E-state index is 13.4. The zero-order valence-electron chi connectivity index (χ0n) is 12.3. The normalized spacial score (nSPS) is 18.8. The lowest BCUT2D eigenvalue weighted by atomic mass is 10.0. The lowest BCUT2D eigenvalue weighted by molar-refractivity contribution is -0.119. The molecule has 0 radical (unpaired) electrons. The van der Waals surface area contributed by atoms with Crippen LogP contribution in [0.15, 0.2) is 18.2 Å². The predicted octanol–water partition coefficient (Wildman–Crippen LogP) is 1.76. The van der Waals surface area contributed by atoms with E-state index in [4.69, 9.17) is 0 Å². The Morgan fingerprint density at radius 2 is 2.25 bits per heavy atom. The number of halogens is 1. The monoisotopic (exact) mass is 279 g/mol. The third-order valence-electron chi connectivity index (χ3n) is 3.76. The molecule has 110 valence electrons. The first-order valence-electron chi connectivity index (χ1n) is 6.90. The second kappa shape index (κ2) is 5.89. The van der Waals surface area contributed by atoms with Crippen LogP contribution in [0, 0.1) is 12.7 Å². The summed E-state index contributed by atoms with van der Waals surface area (Å²) < 4.78 is 13.4. The van der Waals surface area contributed by atoms with Gasteiger partial charge in [0.2, 0.25) is 5.91 Å². The maximum atomic E-state index is 13.4. The van der Waals surface area contributed by atoms with Gasteiger partial charge in [-0.25, -0.2) is 4.39 Å². The quantitative estimate of drug-likeness (QED) is 0.886. The number of nitrogens with zero attached hydrogens (tertiary/aromatic N) is 1. The van der Waals surface area contributed by atoms with E-state index in [0.717, 1.165) is 19.6 Å². The molecular formula is C15H22FN3O. The van der Waals surface area contributed by atoms with Crippen LogP contribution in [0.3, 0.4) is 0 Å². The Morgan fingerprint density at radius 3 is 2.90 bits per heavy atom. The number of carbonyl (C=O) groups excluding carboxylic acids is 1. The Labute approximate surface area is 119 Å². The Bertz CT molecular complexity index is 502. The van der Waals surface area contributed by atoms with E-state index in [0.29, 0.717) is 17.8 Å². The second-order valence-corrected chi connectivity index (χ2v) is 5.92. The first-order valence-corrected chi connectivity index (χ1v) is 6.90. The van der Waals surface area contributed by atoms with Gasteiger partial charge in [0.15, 0.2) is 0 Å². The van der Waals surface area contributed by atoms with E-state index in [9.17, 15) is 9.18 Å². The van der Waals surface area contributed by atoms with E-state index in [1.165, 1.54) is 6.07 Å². The fraction of sp³-hybridized carbons (Fsp3) is 0.533. The highest BCUT2D eigenvalue weighted by Crippen LogP contribution is 2.17. The summed E-state index contributed by atoms with van der Waals surface area (Å²) in [5, 5.41) is 6.07. The van der Waals surface area contributed by atoms with Crippen molar-refractivity contribution >= 4 is 11.6 Å². The van der Waals surface area contributed by atoms with Crippen LogP contribution in [-0.2, 0) is 4.79 Å². The first kappa shape index (κ1) is 14.9. The van der Waals surface area contributed by atoms with E-state index < -0.39 is 0 Å². The molecule has 0 atom stereocenters. The third kappa shape index (κ3) is 3.55. The molecule has 0 saturated carbocycles. The van der Waals surface area contributed by atoms with Crippen LogP contribution >= 0.6 is 0 Å². The summed E-state index contributed by atoms with van der Waals surface area (Å²) in [6.45, 7) is 8.82. The number of piperazine rings is 1. The zero-order valence-corrected chi connectivity index (χ0v) is 12.3. The molecule has 1 aliphatic rings.